The minimum Gasteiger partial charge on any atom is -0.320 e. The van der Waals surface area contributed by atoms with Crippen LogP contribution in [0.5, 0.6) is 0 Å². The maximum absolute atomic E-state index is 13.7. The van der Waals surface area contributed by atoms with Crippen molar-refractivity contribution in [3.8, 4) is 0 Å². The molecule has 3 rings (SSSR count). The highest BCUT2D eigenvalue weighted by Crippen LogP contribution is 2.38. The molecule has 0 spiro atoms. The Hall–Kier alpha value is -2.12. The number of carbonyl (C=O) groups excluding carboxylic acids is 1. The summed E-state index contributed by atoms with van der Waals surface area (Å²) in [6.45, 7) is 0. The maximum atomic E-state index is 13.7. The standard InChI is InChI=1S/C17H16ClFN2O3S/c1-25(23,24)21(14-7-8-14)16-9-6-13(19)10-15(16)20-17(22)11-2-4-12(18)5-3-11/h2-6,9-10,14H,7-8H2,1H3,(H,20,22). The van der Waals surface area contributed by atoms with E-state index in [1.807, 2.05) is 0 Å². The first-order valence-corrected chi connectivity index (χ1v) is 9.84. The molecule has 2 aromatic rings. The molecule has 0 aromatic heterocycles. The number of amides is 1. The number of nitrogens with zero attached hydrogens (tertiary/aromatic N) is 1. The molecule has 1 fully saturated rings. The van der Waals surface area contributed by atoms with Gasteiger partial charge in [0.1, 0.15) is 5.82 Å². The van der Waals surface area contributed by atoms with Gasteiger partial charge in [-0.25, -0.2) is 12.8 Å². The summed E-state index contributed by atoms with van der Waals surface area (Å²) in [5, 5.41) is 3.08. The molecule has 132 valence electrons. The molecule has 0 heterocycles. The van der Waals surface area contributed by atoms with Crippen LogP contribution in [0.4, 0.5) is 15.8 Å². The van der Waals surface area contributed by atoms with Crippen LogP contribution in [-0.2, 0) is 10.0 Å². The fourth-order valence-corrected chi connectivity index (χ4v) is 3.95. The largest absolute Gasteiger partial charge is 0.320 e. The van der Waals surface area contributed by atoms with Gasteiger partial charge >= 0.3 is 0 Å². The van der Waals surface area contributed by atoms with Gasteiger partial charge in [-0.05, 0) is 55.3 Å². The molecule has 0 saturated heterocycles. The Balaban J connectivity index is 1.96. The summed E-state index contributed by atoms with van der Waals surface area (Å²) in [5.74, 6) is -1.05. The van der Waals surface area contributed by atoms with Crippen LogP contribution in [0.3, 0.4) is 0 Å². The number of hydrogen-bond acceptors (Lipinski definition) is 3. The molecular weight excluding hydrogens is 367 g/mol. The smallest absolute Gasteiger partial charge is 0.255 e. The third-order valence-corrected chi connectivity index (χ3v) is 5.25. The summed E-state index contributed by atoms with van der Waals surface area (Å²) < 4.78 is 39.2. The Labute approximate surface area is 150 Å². The highest BCUT2D eigenvalue weighted by Gasteiger charge is 2.36. The minimum atomic E-state index is -3.55. The second kappa shape index (κ2) is 6.65. The van der Waals surface area contributed by atoms with Gasteiger partial charge in [-0.2, -0.15) is 0 Å². The van der Waals surface area contributed by atoms with Gasteiger partial charge in [0.05, 0.1) is 17.6 Å². The minimum absolute atomic E-state index is 0.109. The van der Waals surface area contributed by atoms with Crippen LogP contribution in [0, 0.1) is 5.82 Å². The van der Waals surface area contributed by atoms with Crippen LogP contribution < -0.4 is 9.62 Å². The van der Waals surface area contributed by atoms with Crippen LogP contribution >= 0.6 is 11.6 Å². The van der Waals surface area contributed by atoms with E-state index < -0.39 is 21.7 Å². The van der Waals surface area contributed by atoms with Crippen molar-refractivity contribution in [3.63, 3.8) is 0 Å². The lowest BCUT2D eigenvalue weighted by molar-refractivity contribution is 0.102. The first kappa shape index (κ1) is 17.7. The van der Waals surface area contributed by atoms with Gasteiger partial charge in [0, 0.05) is 16.6 Å². The topological polar surface area (TPSA) is 66.5 Å². The van der Waals surface area contributed by atoms with Crippen LogP contribution in [0.1, 0.15) is 23.2 Å². The summed E-state index contributed by atoms with van der Waals surface area (Å²) in [6.07, 6.45) is 2.56. The summed E-state index contributed by atoms with van der Waals surface area (Å²) in [5.41, 5.74) is 0.697. The Morgan fingerprint density at radius 2 is 1.84 bits per heavy atom. The number of anilines is 2. The van der Waals surface area contributed by atoms with E-state index in [2.05, 4.69) is 5.32 Å². The molecule has 2 aromatic carbocycles. The molecule has 1 N–H and O–H groups in total. The van der Waals surface area contributed by atoms with Crippen LogP contribution in [0.25, 0.3) is 0 Å². The van der Waals surface area contributed by atoms with Crippen molar-refractivity contribution in [1.82, 2.24) is 0 Å². The molecule has 0 radical (unpaired) electrons. The zero-order valence-electron chi connectivity index (χ0n) is 13.4. The molecule has 0 unspecified atom stereocenters. The number of hydrogen-bond donors (Lipinski definition) is 1. The fraction of sp³-hybridized carbons (Fsp3) is 0.235. The van der Waals surface area contributed by atoms with Crippen molar-refractivity contribution in [2.75, 3.05) is 15.9 Å². The average molecular weight is 383 g/mol. The van der Waals surface area contributed by atoms with Crippen LogP contribution in [0.2, 0.25) is 5.02 Å². The second-order valence-electron chi connectivity index (χ2n) is 5.91. The molecule has 5 nitrogen and oxygen atoms in total. The fourth-order valence-electron chi connectivity index (χ4n) is 2.55. The zero-order chi connectivity index (χ0) is 18.2. The molecule has 0 bridgehead atoms. The van der Waals surface area contributed by atoms with E-state index in [1.165, 1.54) is 28.6 Å². The van der Waals surface area contributed by atoms with Crippen molar-refractivity contribution in [1.29, 1.82) is 0 Å². The molecule has 25 heavy (non-hydrogen) atoms. The van der Waals surface area contributed by atoms with Crippen LogP contribution in [0.15, 0.2) is 42.5 Å². The Morgan fingerprint density at radius 1 is 1.20 bits per heavy atom. The first-order valence-electron chi connectivity index (χ1n) is 7.61. The number of nitrogens with one attached hydrogen (secondary N) is 1. The number of halogens is 2. The van der Waals surface area contributed by atoms with Gasteiger partial charge in [0.25, 0.3) is 5.91 Å². The lowest BCUT2D eigenvalue weighted by Gasteiger charge is -2.25. The van der Waals surface area contributed by atoms with Crippen molar-refractivity contribution >= 4 is 38.9 Å². The molecule has 1 aliphatic rings. The van der Waals surface area contributed by atoms with Gasteiger partial charge in [0.2, 0.25) is 10.0 Å². The quantitative estimate of drug-likeness (QED) is 0.858. The van der Waals surface area contributed by atoms with E-state index in [1.54, 1.807) is 12.1 Å². The normalized spacial score (nSPS) is 14.2. The van der Waals surface area contributed by atoms with Crippen molar-refractivity contribution < 1.29 is 17.6 Å². The third kappa shape index (κ3) is 4.11. The number of benzene rings is 2. The summed E-state index contributed by atoms with van der Waals surface area (Å²) >= 11 is 5.80. The molecule has 1 saturated carbocycles. The Bertz CT molecular complexity index is 912. The van der Waals surface area contributed by atoms with Crippen molar-refractivity contribution in [3.05, 3.63) is 58.9 Å². The Morgan fingerprint density at radius 3 is 2.40 bits per heavy atom. The van der Waals surface area contributed by atoms with E-state index in [-0.39, 0.29) is 17.4 Å². The zero-order valence-corrected chi connectivity index (χ0v) is 14.9. The van der Waals surface area contributed by atoms with Crippen molar-refractivity contribution in [2.24, 2.45) is 0 Å². The molecular formula is C17H16ClFN2O3S. The summed E-state index contributed by atoms with van der Waals surface area (Å²) in [6, 6.07) is 9.69. The number of rotatable bonds is 5. The molecule has 0 atom stereocenters. The second-order valence-corrected chi connectivity index (χ2v) is 8.21. The van der Waals surface area contributed by atoms with E-state index in [9.17, 15) is 17.6 Å². The average Bonchev–Trinajstić information content (AvgIpc) is 3.33. The highest BCUT2D eigenvalue weighted by molar-refractivity contribution is 7.92. The summed E-state index contributed by atoms with van der Waals surface area (Å²) in [4.78, 5) is 12.4. The SMILES string of the molecule is CS(=O)(=O)N(c1ccc(F)cc1NC(=O)c1ccc(Cl)cc1)C1CC1. The monoisotopic (exact) mass is 382 g/mol. The molecule has 1 aliphatic carbocycles. The van der Waals surface area contributed by atoms with Gasteiger partial charge < -0.3 is 5.32 Å². The predicted octanol–water partition coefficient (Wildman–Crippen LogP) is 3.66. The van der Waals surface area contributed by atoms with Gasteiger partial charge in [0.15, 0.2) is 0 Å². The van der Waals surface area contributed by atoms with Gasteiger partial charge in [-0.15, -0.1) is 0 Å². The van der Waals surface area contributed by atoms with E-state index in [4.69, 9.17) is 11.6 Å². The van der Waals surface area contributed by atoms with Gasteiger partial charge in [-0.1, -0.05) is 11.6 Å². The van der Waals surface area contributed by atoms with Gasteiger partial charge in [-0.3, -0.25) is 9.10 Å². The van der Waals surface area contributed by atoms with E-state index in [0.29, 0.717) is 10.6 Å². The Kier molecular flexibility index (Phi) is 4.71. The molecule has 1 amide bonds. The van der Waals surface area contributed by atoms with E-state index >= 15 is 0 Å². The third-order valence-electron chi connectivity index (χ3n) is 3.79. The van der Waals surface area contributed by atoms with E-state index in [0.717, 1.165) is 25.2 Å². The maximum Gasteiger partial charge on any atom is 0.255 e. The highest BCUT2D eigenvalue weighted by atomic mass is 35.5. The van der Waals surface area contributed by atoms with Crippen molar-refractivity contribution in [2.45, 2.75) is 18.9 Å². The lowest BCUT2D eigenvalue weighted by atomic mass is 10.2. The summed E-state index contributed by atoms with van der Waals surface area (Å²) in [7, 11) is -3.55. The number of carbonyl (C=O) groups is 1. The van der Waals surface area contributed by atoms with Crippen LogP contribution in [-0.4, -0.2) is 26.6 Å². The molecule has 0 aliphatic heterocycles. The predicted molar refractivity (Wildman–Crippen MR) is 96.2 cm³/mol. The lowest BCUT2D eigenvalue weighted by Crippen LogP contribution is -2.33. The molecule has 8 heteroatoms. The first-order chi connectivity index (χ1) is 11.8. The number of sulfonamides is 1.